The van der Waals surface area contributed by atoms with Gasteiger partial charge in [-0.3, -0.25) is 9.69 Å². The molecule has 2 aliphatic heterocycles. The van der Waals surface area contributed by atoms with Gasteiger partial charge in [-0.05, 0) is 43.4 Å². The molecule has 0 aromatic heterocycles. The van der Waals surface area contributed by atoms with Crippen molar-refractivity contribution in [1.82, 2.24) is 14.5 Å². The standard InChI is InChI=1S/C22H29F6N3O4S.ClH/c1-2-11-36(33,34)31-8-6-30(7-9-31)19-12-15(5-10-35-19)14-29-20(32)17-4-3-16(21(23,24)25)13-18(17)22(26,27)28;/h3-4,13,15,19H,2,5-12,14H2,1H3,(H,29,32);1H. The summed E-state index contributed by atoms with van der Waals surface area (Å²) in [5, 5.41) is 2.42. The third kappa shape index (κ3) is 8.19. The van der Waals surface area contributed by atoms with E-state index in [1.165, 1.54) is 4.31 Å². The van der Waals surface area contributed by atoms with Crippen LogP contribution < -0.4 is 5.32 Å². The molecule has 0 bridgehead atoms. The van der Waals surface area contributed by atoms with E-state index in [1.807, 2.05) is 4.90 Å². The minimum absolute atomic E-state index is 0. The van der Waals surface area contributed by atoms with Crippen molar-refractivity contribution in [3.05, 3.63) is 34.9 Å². The molecule has 2 atom stereocenters. The third-order valence-electron chi connectivity index (χ3n) is 6.36. The quantitative estimate of drug-likeness (QED) is 0.493. The number of halogens is 7. The number of sulfonamides is 1. The Hall–Kier alpha value is -1.61. The van der Waals surface area contributed by atoms with E-state index in [9.17, 15) is 39.6 Å². The summed E-state index contributed by atoms with van der Waals surface area (Å²) in [5.41, 5.74) is -4.00. The second-order valence-corrected chi connectivity index (χ2v) is 11.0. The number of rotatable bonds is 7. The van der Waals surface area contributed by atoms with Gasteiger partial charge in [0.25, 0.3) is 5.91 Å². The Morgan fingerprint density at radius 2 is 1.73 bits per heavy atom. The van der Waals surface area contributed by atoms with Crippen LogP contribution in [0.5, 0.6) is 0 Å². The summed E-state index contributed by atoms with van der Waals surface area (Å²) >= 11 is 0. The molecule has 0 radical (unpaired) electrons. The van der Waals surface area contributed by atoms with E-state index >= 15 is 0 Å². The van der Waals surface area contributed by atoms with Crippen LogP contribution in [0.4, 0.5) is 26.3 Å². The van der Waals surface area contributed by atoms with Gasteiger partial charge in [0.1, 0.15) is 6.23 Å². The summed E-state index contributed by atoms with van der Waals surface area (Å²) in [7, 11) is -3.29. The smallest absolute Gasteiger partial charge is 0.363 e. The molecule has 15 heteroatoms. The highest BCUT2D eigenvalue weighted by Crippen LogP contribution is 2.37. The number of hydrogen-bond acceptors (Lipinski definition) is 5. The summed E-state index contributed by atoms with van der Waals surface area (Å²) in [6, 6.07) is 0.939. The summed E-state index contributed by atoms with van der Waals surface area (Å²) < 4.78 is 110. The molecule has 2 aliphatic rings. The molecule has 0 saturated carbocycles. The summed E-state index contributed by atoms with van der Waals surface area (Å²) in [5.74, 6) is -1.14. The van der Waals surface area contributed by atoms with Crippen molar-refractivity contribution in [3.8, 4) is 0 Å². The van der Waals surface area contributed by atoms with Crippen molar-refractivity contribution in [2.24, 2.45) is 5.92 Å². The molecule has 3 rings (SSSR count). The number of ether oxygens (including phenoxy) is 1. The molecule has 1 aromatic carbocycles. The Morgan fingerprint density at radius 3 is 2.30 bits per heavy atom. The van der Waals surface area contributed by atoms with Crippen LogP contribution in [0.1, 0.15) is 47.7 Å². The Bertz CT molecular complexity index is 1030. The number of carbonyl (C=O) groups is 1. The minimum atomic E-state index is -5.13. The first-order valence-corrected chi connectivity index (χ1v) is 13.2. The molecular weight excluding hydrogens is 552 g/mol. The molecule has 37 heavy (non-hydrogen) atoms. The van der Waals surface area contributed by atoms with Crippen molar-refractivity contribution in [2.45, 2.75) is 44.8 Å². The van der Waals surface area contributed by atoms with Gasteiger partial charge < -0.3 is 10.1 Å². The van der Waals surface area contributed by atoms with E-state index in [4.69, 9.17) is 4.74 Å². The SMILES string of the molecule is CCCS(=O)(=O)N1CCN(C2CC(CNC(=O)c3ccc(C(F)(F)F)cc3C(F)(F)F)CCO2)CC1.Cl. The van der Waals surface area contributed by atoms with E-state index < -0.39 is 45.0 Å². The highest BCUT2D eigenvalue weighted by Gasteiger charge is 2.40. The zero-order valence-electron chi connectivity index (χ0n) is 20.1. The van der Waals surface area contributed by atoms with Crippen LogP contribution in [0.2, 0.25) is 0 Å². The number of carbonyl (C=O) groups excluding carboxylic acids is 1. The van der Waals surface area contributed by atoms with Gasteiger partial charge in [0, 0.05) is 39.3 Å². The average molecular weight is 582 g/mol. The van der Waals surface area contributed by atoms with E-state index in [-0.39, 0.29) is 42.9 Å². The number of hydrogen-bond donors (Lipinski definition) is 1. The maximum absolute atomic E-state index is 13.4. The molecule has 2 heterocycles. The molecule has 1 amide bonds. The Labute approximate surface area is 218 Å². The zero-order chi connectivity index (χ0) is 26.7. The first-order chi connectivity index (χ1) is 16.7. The van der Waals surface area contributed by atoms with Gasteiger partial charge in [-0.15, -0.1) is 12.4 Å². The van der Waals surface area contributed by atoms with Crippen LogP contribution in [0.3, 0.4) is 0 Å². The van der Waals surface area contributed by atoms with Gasteiger partial charge in [0.05, 0.1) is 22.4 Å². The van der Waals surface area contributed by atoms with Crippen LogP contribution in [0.25, 0.3) is 0 Å². The first-order valence-electron chi connectivity index (χ1n) is 11.6. The molecular formula is C22H30ClF6N3O4S. The zero-order valence-corrected chi connectivity index (χ0v) is 21.7. The van der Waals surface area contributed by atoms with E-state index in [2.05, 4.69) is 5.32 Å². The fourth-order valence-electron chi connectivity index (χ4n) is 4.42. The highest BCUT2D eigenvalue weighted by atomic mass is 35.5. The van der Waals surface area contributed by atoms with E-state index in [0.717, 1.165) is 0 Å². The lowest BCUT2D eigenvalue weighted by Crippen LogP contribution is -2.54. The van der Waals surface area contributed by atoms with Gasteiger partial charge >= 0.3 is 12.4 Å². The lowest BCUT2D eigenvalue weighted by molar-refractivity contribution is -0.143. The van der Waals surface area contributed by atoms with Crippen molar-refractivity contribution in [1.29, 1.82) is 0 Å². The second kappa shape index (κ2) is 12.5. The van der Waals surface area contributed by atoms with Gasteiger partial charge in [-0.2, -0.15) is 30.6 Å². The fourth-order valence-corrected chi connectivity index (χ4v) is 5.92. The van der Waals surface area contributed by atoms with Crippen LogP contribution >= 0.6 is 12.4 Å². The first kappa shape index (κ1) is 31.6. The largest absolute Gasteiger partial charge is 0.417 e. The molecule has 0 aliphatic carbocycles. The number of alkyl halides is 6. The maximum Gasteiger partial charge on any atom is 0.417 e. The molecule has 7 nitrogen and oxygen atoms in total. The van der Waals surface area contributed by atoms with E-state index in [0.29, 0.717) is 64.2 Å². The number of piperazine rings is 1. The predicted molar refractivity (Wildman–Crippen MR) is 126 cm³/mol. The Morgan fingerprint density at radius 1 is 1.08 bits per heavy atom. The van der Waals surface area contributed by atoms with Gasteiger partial charge in [-0.1, -0.05) is 6.92 Å². The third-order valence-corrected chi connectivity index (χ3v) is 8.43. The molecule has 1 N–H and O–H groups in total. The molecule has 0 spiro atoms. The number of amides is 1. The van der Waals surface area contributed by atoms with E-state index in [1.54, 1.807) is 6.92 Å². The number of nitrogens with zero attached hydrogens (tertiary/aromatic N) is 2. The molecule has 2 unspecified atom stereocenters. The molecule has 2 fully saturated rings. The number of nitrogens with one attached hydrogen (secondary N) is 1. The average Bonchev–Trinajstić information content (AvgIpc) is 2.81. The van der Waals surface area contributed by atoms with Crippen LogP contribution in [0.15, 0.2) is 18.2 Å². The maximum atomic E-state index is 13.4. The van der Waals surface area contributed by atoms with Crippen molar-refractivity contribution < 1.29 is 44.3 Å². The van der Waals surface area contributed by atoms with Gasteiger partial charge in [0.2, 0.25) is 10.0 Å². The molecule has 2 saturated heterocycles. The van der Waals surface area contributed by atoms with Crippen molar-refractivity contribution in [2.75, 3.05) is 45.1 Å². The summed E-state index contributed by atoms with van der Waals surface area (Å²) in [4.78, 5) is 14.5. The second-order valence-electron chi connectivity index (χ2n) is 8.93. The normalized spacial score (nSPS) is 22.4. The van der Waals surface area contributed by atoms with Gasteiger partial charge in [-0.25, -0.2) is 8.42 Å². The monoisotopic (exact) mass is 581 g/mol. The Balaban J connectivity index is 0.00000481. The lowest BCUT2D eigenvalue weighted by Gasteiger charge is -2.41. The van der Waals surface area contributed by atoms with Crippen LogP contribution in [0, 0.1) is 5.92 Å². The topological polar surface area (TPSA) is 79.0 Å². The molecule has 212 valence electrons. The Kier molecular flexibility index (Phi) is 10.7. The van der Waals surface area contributed by atoms with Crippen molar-refractivity contribution in [3.63, 3.8) is 0 Å². The number of benzene rings is 1. The lowest BCUT2D eigenvalue weighted by atomic mass is 9.97. The van der Waals surface area contributed by atoms with Crippen LogP contribution in [-0.4, -0.2) is 74.8 Å². The summed E-state index contributed by atoms with van der Waals surface area (Å²) in [6.45, 7) is 3.77. The van der Waals surface area contributed by atoms with Gasteiger partial charge in [0.15, 0.2) is 0 Å². The minimum Gasteiger partial charge on any atom is -0.363 e. The fraction of sp³-hybridized carbons (Fsp3) is 0.682. The highest BCUT2D eigenvalue weighted by molar-refractivity contribution is 7.89. The summed E-state index contributed by atoms with van der Waals surface area (Å²) in [6.07, 6.45) is -8.89. The molecule has 1 aromatic rings. The van der Waals surface area contributed by atoms with Crippen molar-refractivity contribution >= 4 is 28.3 Å². The van der Waals surface area contributed by atoms with Crippen LogP contribution in [-0.2, 0) is 27.1 Å². The predicted octanol–water partition coefficient (Wildman–Crippen LogP) is 3.99.